The molecule has 3 aromatic rings. The van der Waals surface area contributed by atoms with Gasteiger partial charge in [0.05, 0.1) is 7.11 Å². The van der Waals surface area contributed by atoms with Gasteiger partial charge in [-0.2, -0.15) is 0 Å². The van der Waals surface area contributed by atoms with Crippen LogP contribution in [0.4, 0.5) is 5.69 Å². The first-order valence-electron chi connectivity index (χ1n) is 9.47. The lowest BCUT2D eigenvalue weighted by molar-refractivity contribution is -0.116. The van der Waals surface area contributed by atoms with Crippen molar-refractivity contribution in [1.82, 2.24) is 9.97 Å². The molecular formula is C23H25N3O2. The molecule has 0 saturated heterocycles. The Balaban J connectivity index is 1.43. The summed E-state index contributed by atoms with van der Waals surface area (Å²) in [6, 6.07) is 17.6. The molecule has 1 heterocycles. The number of hydrogen-bond donors (Lipinski definition) is 1. The van der Waals surface area contributed by atoms with Crippen LogP contribution < -0.4 is 10.1 Å². The minimum absolute atomic E-state index is 0.0364. The van der Waals surface area contributed by atoms with Gasteiger partial charge in [-0.25, -0.2) is 9.97 Å². The van der Waals surface area contributed by atoms with Crippen LogP contribution in [0.25, 0.3) is 11.4 Å². The number of nitrogens with one attached hydrogen (secondary N) is 1. The molecule has 1 amide bonds. The molecule has 144 valence electrons. The van der Waals surface area contributed by atoms with E-state index < -0.39 is 0 Å². The maximum Gasteiger partial charge on any atom is 0.224 e. The second-order valence-electron chi connectivity index (χ2n) is 6.70. The maximum absolute atomic E-state index is 12.2. The zero-order chi connectivity index (χ0) is 19.8. The van der Waals surface area contributed by atoms with E-state index in [4.69, 9.17) is 4.74 Å². The second kappa shape index (κ2) is 9.65. The van der Waals surface area contributed by atoms with Crippen LogP contribution in [0.2, 0.25) is 0 Å². The fourth-order valence-electron chi connectivity index (χ4n) is 2.92. The number of nitrogens with zero attached hydrogens (tertiary/aromatic N) is 2. The van der Waals surface area contributed by atoms with Gasteiger partial charge in [-0.05, 0) is 74.2 Å². The molecule has 0 bridgehead atoms. The van der Waals surface area contributed by atoms with Crippen LogP contribution in [-0.4, -0.2) is 23.0 Å². The monoisotopic (exact) mass is 375 g/mol. The predicted octanol–water partition coefficient (Wildman–Crippen LogP) is 4.81. The zero-order valence-electron chi connectivity index (χ0n) is 16.3. The van der Waals surface area contributed by atoms with Gasteiger partial charge in [-0.1, -0.05) is 12.1 Å². The summed E-state index contributed by atoms with van der Waals surface area (Å²) < 4.78 is 5.16. The maximum atomic E-state index is 12.2. The van der Waals surface area contributed by atoms with Gasteiger partial charge >= 0.3 is 0 Å². The van der Waals surface area contributed by atoms with Crippen molar-refractivity contribution in [3.8, 4) is 17.1 Å². The number of hydrogen-bond acceptors (Lipinski definition) is 4. The number of anilines is 1. The van der Waals surface area contributed by atoms with E-state index in [1.165, 1.54) is 5.56 Å². The summed E-state index contributed by atoms with van der Waals surface area (Å²) in [4.78, 5) is 20.8. The number of amides is 1. The Morgan fingerprint density at radius 3 is 2.43 bits per heavy atom. The van der Waals surface area contributed by atoms with Gasteiger partial charge in [0.1, 0.15) is 5.75 Å². The molecule has 0 atom stereocenters. The number of ether oxygens (including phenoxy) is 1. The molecule has 28 heavy (non-hydrogen) atoms. The SMILES string of the molecule is COc1ccc(CCCCC(=O)Nc2ccc(-c3nccc(C)n3)cc2)cc1. The molecule has 0 aliphatic carbocycles. The highest BCUT2D eigenvalue weighted by Crippen LogP contribution is 2.18. The third-order valence-corrected chi connectivity index (χ3v) is 4.50. The smallest absolute Gasteiger partial charge is 0.224 e. The molecular weight excluding hydrogens is 350 g/mol. The van der Waals surface area contributed by atoms with Crippen LogP contribution in [0.5, 0.6) is 5.75 Å². The quantitative estimate of drug-likeness (QED) is 0.574. The molecule has 5 nitrogen and oxygen atoms in total. The topological polar surface area (TPSA) is 64.1 Å². The van der Waals surface area contributed by atoms with Crippen molar-refractivity contribution in [1.29, 1.82) is 0 Å². The molecule has 1 aromatic heterocycles. The highest BCUT2D eigenvalue weighted by molar-refractivity contribution is 5.90. The molecule has 0 aliphatic rings. The Kier molecular flexibility index (Phi) is 6.73. The van der Waals surface area contributed by atoms with Crippen molar-refractivity contribution in [2.24, 2.45) is 0 Å². The highest BCUT2D eigenvalue weighted by Gasteiger charge is 2.05. The number of rotatable bonds is 8. The summed E-state index contributed by atoms with van der Waals surface area (Å²) in [5, 5.41) is 2.95. The van der Waals surface area contributed by atoms with Crippen molar-refractivity contribution in [2.75, 3.05) is 12.4 Å². The molecule has 3 rings (SSSR count). The fourth-order valence-corrected chi connectivity index (χ4v) is 2.92. The van der Waals surface area contributed by atoms with E-state index in [1.54, 1.807) is 13.3 Å². The first kappa shape index (κ1) is 19.5. The van der Waals surface area contributed by atoms with Crippen molar-refractivity contribution >= 4 is 11.6 Å². The van der Waals surface area contributed by atoms with Crippen LogP contribution in [0.3, 0.4) is 0 Å². The largest absolute Gasteiger partial charge is 0.497 e. The molecule has 0 radical (unpaired) electrons. The van der Waals surface area contributed by atoms with Crippen LogP contribution >= 0.6 is 0 Å². The Bertz CT molecular complexity index is 906. The van der Waals surface area contributed by atoms with Gasteiger partial charge < -0.3 is 10.1 Å². The average Bonchev–Trinajstić information content (AvgIpc) is 2.72. The fraction of sp³-hybridized carbons (Fsp3) is 0.261. The highest BCUT2D eigenvalue weighted by atomic mass is 16.5. The van der Waals surface area contributed by atoms with E-state index in [0.29, 0.717) is 12.2 Å². The number of aryl methyl sites for hydroxylation is 2. The molecule has 0 aliphatic heterocycles. The molecule has 2 aromatic carbocycles. The zero-order valence-corrected chi connectivity index (χ0v) is 16.3. The van der Waals surface area contributed by atoms with Crippen molar-refractivity contribution in [3.63, 3.8) is 0 Å². The Morgan fingerprint density at radius 2 is 1.75 bits per heavy atom. The minimum atomic E-state index is 0.0364. The molecule has 1 N–H and O–H groups in total. The third-order valence-electron chi connectivity index (χ3n) is 4.50. The summed E-state index contributed by atoms with van der Waals surface area (Å²) in [7, 11) is 1.66. The van der Waals surface area contributed by atoms with Crippen molar-refractivity contribution in [2.45, 2.75) is 32.6 Å². The first-order valence-corrected chi connectivity index (χ1v) is 9.47. The summed E-state index contributed by atoms with van der Waals surface area (Å²) >= 11 is 0. The molecule has 0 spiro atoms. The number of carbonyl (C=O) groups is 1. The van der Waals surface area contributed by atoms with Gasteiger partial charge in [-0.15, -0.1) is 0 Å². The number of aromatic nitrogens is 2. The van der Waals surface area contributed by atoms with E-state index in [9.17, 15) is 4.79 Å². The Hall–Kier alpha value is -3.21. The normalized spacial score (nSPS) is 10.5. The van der Waals surface area contributed by atoms with Crippen LogP contribution in [0.1, 0.15) is 30.5 Å². The van der Waals surface area contributed by atoms with Crippen LogP contribution in [0, 0.1) is 6.92 Å². The lowest BCUT2D eigenvalue weighted by atomic mass is 10.1. The molecule has 0 unspecified atom stereocenters. The number of benzene rings is 2. The Labute approximate surface area is 165 Å². The second-order valence-corrected chi connectivity index (χ2v) is 6.70. The van der Waals surface area contributed by atoms with E-state index >= 15 is 0 Å². The lowest BCUT2D eigenvalue weighted by Gasteiger charge is -2.07. The van der Waals surface area contributed by atoms with Gasteiger partial charge in [0.15, 0.2) is 5.82 Å². The minimum Gasteiger partial charge on any atom is -0.497 e. The third kappa shape index (κ3) is 5.64. The van der Waals surface area contributed by atoms with Gasteiger partial charge in [0.25, 0.3) is 0 Å². The summed E-state index contributed by atoms with van der Waals surface area (Å²) in [5.41, 5.74) is 3.91. The van der Waals surface area contributed by atoms with Crippen LogP contribution in [-0.2, 0) is 11.2 Å². The van der Waals surface area contributed by atoms with Gasteiger partial charge in [0.2, 0.25) is 5.91 Å². The first-order chi connectivity index (χ1) is 13.6. The standard InChI is InChI=1S/C23H25N3O2/c1-17-15-16-24-23(25-17)19-9-11-20(12-10-19)26-22(27)6-4-3-5-18-7-13-21(28-2)14-8-18/h7-16H,3-6H2,1-2H3,(H,26,27). The van der Waals surface area contributed by atoms with Gasteiger partial charge in [-0.3, -0.25) is 4.79 Å². The van der Waals surface area contributed by atoms with E-state index in [2.05, 4.69) is 27.4 Å². The molecule has 5 heteroatoms. The van der Waals surface area contributed by atoms with Crippen molar-refractivity contribution in [3.05, 3.63) is 72.1 Å². The molecule has 0 fully saturated rings. The van der Waals surface area contributed by atoms with E-state index in [-0.39, 0.29) is 5.91 Å². The van der Waals surface area contributed by atoms with E-state index in [1.807, 2.05) is 49.4 Å². The number of carbonyl (C=O) groups excluding carboxylic acids is 1. The average molecular weight is 375 g/mol. The molecule has 0 saturated carbocycles. The van der Waals surface area contributed by atoms with Crippen LogP contribution in [0.15, 0.2) is 60.8 Å². The van der Waals surface area contributed by atoms with E-state index in [0.717, 1.165) is 42.0 Å². The number of methoxy groups -OCH3 is 1. The lowest BCUT2D eigenvalue weighted by Crippen LogP contribution is -2.11. The predicted molar refractivity (Wildman–Crippen MR) is 111 cm³/mol. The Morgan fingerprint density at radius 1 is 1.00 bits per heavy atom. The summed E-state index contributed by atoms with van der Waals surface area (Å²) in [6.07, 6.45) is 5.05. The van der Waals surface area contributed by atoms with Gasteiger partial charge in [0, 0.05) is 29.6 Å². The summed E-state index contributed by atoms with van der Waals surface area (Å²) in [5.74, 6) is 1.59. The van der Waals surface area contributed by atoms with Crippen molar-refractivity contribution < 1.29 is 9.53 Å². The summed E-state index contributed by atoms with van der Waals surface area (Å²) in [6.45, 7) is 1.94. The number of unbranched alkanes of at least 4 members (excludes halogenated alkanes) is 1.